The normalized spacial score (nSPS) is 13.4. The van der Waals surface area contributed by atoms with Crippen LogP contribution in [-0.2, 0) is 13.1 Å². The van der Waals surface area contributed by atoms with Gasteiger partial charge in [-0.1, -0.05) is 17.3 Å². The lowest BCUT2D eigenvalue weighted by Gasteiger charge is -2.14. The average molecular weight is 422 g/mol. The van der Waals surface area contributed by atoms with E-state index >= 15 is 0 Å². The third-order valence-corrected chi connectivity index (χ3v) is 5.35. The van der Waals surface area contributed by atoms with E-state index in [0.717, 1.165) is 42.8 Å². The van der Waals surface area contributed by atoms with Crippen LogP contribution in [0.5, 0.6) is 5.75 Å². The monoisotopic (exact) mass is 422 g/mol. The zero-order valence-corrected chi connectivity index (χ0v) is 17.5. The Balaban J connectivity index is 1.28. The average Bonchev–Trinajstić information content (AvgIpc) is 3.47. The minimum absolute atomic E-state index is 0.0447. The molecule has 0 radical (unpaired) electrons. The maximum atomic E-state index is 12.6. The number of hydrogen-bond acceptors (Lipinski definition) is 5. The molecule has 2 heterocycles. The summed E-state index contributed by atoms with van der Waals surface area (Å²) in [7, 11) is 1.61. The first-order valence-electron chi connectivity index (χ1n) is 10.4. The lowest BCUT2D eigenvalue weighted by atomic mass is 10.1. The summed E-state index contributed by atoms with van der Waals surface area (Å²) in [5, 5.41) is 14.0. The first kappa shape index (κ1) is 20.6. The smallest absolute Gasteiger partial charge is 0.315 e. The molecule has 2 N–H and O–H groups in total. The Bertz CT molecular complexity index is 1070. The summed E-state index contributed by atoms with van der Waals surface area (Å²) in [6, 6.07) is 12.8. The van der Waals surface area contributed by atoms with E-state index in [-0.39, 0.29) is 11.9 Å². The van der Waals surface area contributed by atoms with Crippen LogP contribution in [-0.4, -0.2) is 58.6 Å². The third-order valence-electron chi connectivity index (χ3n) is 5.35. The van der Waals surface area contributed by atoms with Gasteiger partial charge in [-0.15, -0.1) is 5.10 Å². The molecule has 0 atom stereocenters. The van der Waals surface area contributed by atoms with Gasteiger partial charge in [0.1, 0.15) is 11.3 Å². The molecular formula is C22H26N6O3. The van der Waals surface area contributed by atoms with Gasteiger partial charge in [-0.05, 0) is 48.7 Å². The second kappa shape index (κ2) is 9.46. The highest BCUT2D eigenvalue weighted by molar-refractivity contribution is 5.97. The summed E-state index contributed by atoms with van der Waals surface area (Å²) in [4.78, 5) is 26.5. The van der Waals surface area contributed by atoms with Gasteiger partial charge in [0.15, 0.2) is 0 Å². The lowest BCUT2D eigenvalue weighted by Crippen LogP contribution is -2.36. The van der Waals surface area contributed by atoms with Crippen molar-refractivity contribution in [2.24, 2.45) is 0 Å². The van der Waals surface area contributed by atoms with E-state index in [1.54, 1.807) is 17.9 Å². The van der Waals surface area contributed by atoms with Gasteiger partial charge in [0, 0.05) is 31.7 Å². The van der Waals surface area contributed by atoms with Crippen LogP contribution >= 0.6 is 0 Å². The molecule has 1 aliphatic rings. The number of fused-ring (bicyclic) bond motifs is 1. The van der Waals surface area contributed by atoms with Gasteiger partial charge in [0.05, 0.1) is 19.2 Å². The van der Waals surface area contributed by atoms with Crippen molar-refractivity contribution in [2.75, 3.05) is 26.7 Å². The molecule has 9 nitrogen and oxygen atoms in total. The van der Waals surface area contributed by atoms with Crippen LogP contribution in [0.2, 0.25) is 0 Å². The van der Waals surface area contributed by atoms with Crippen LogP contribution < -0.4 is 15.4 Å². The van der Waals surface area contributed by atoms with E-state index in [9.17, 15) is 9.59 Å². The molecular weight excluding hydrogens is 396 g/mol. The highest BCUT2D eigenvalue weighted by Gasteiger charge is 2.20. The van der Waals surface area contributed by atoms with Gasteiger partial charge < -0.3 is 20.3 Å². The second-order valence-corrected chi connectivity index (χ2v) is 7.48. The molecule has 1 aromatic heterocycles. The van der Waals surface area contributed by atoms with Gasteiger partial charge in [-0.2, -0.15) is 0 Å². The number of hydrogen-bond donors (Lipinski definition) is 2. The summed E-state index contributed by atoms with van der Waals surface area (Å²) >= 11 is 0. The minimum atomic E-state index is -0.259. The quantitative estimate of drug-likeness (QED) is 0.608. The number of aromatic nitrogens is 3. The van der Waals surface area contributed by atoms with E-state index in [1.165, 1.54) is 0 Å². The SMILES string of the molecule is COc1cccc(CNC(=O)NCCn2nnc3cc(C(=O)N4CCCC4)ccc32)c1. The van der Waals surface area contributed by atoms with Crippen molar-refractivity contribution in [2.45, 2.75) is 25.9 Å². The molecule has 1 fully saturated rings. The van der Waals surface area contributed by atoms with Crippen molar-refractivity contribution in [3.05, 3.63) is 53.6 Å². The molecule has 0 unspecified atom stereocenters. The molecule has 0 aliphatic carbocycles. The predicted octanol–water partition coefficient (Wildman–Crippen LogP) is 2.18. The number of benzene rings is 2. The Labute approximate surface area is 180 Å². The van der Waals surface area contributed by atoms with Gasteiger partial charge in [-0.25, -0.2) is 9.48 Å². The van der Waals surface area contributed by atoms with E-state index < -0.39 is 0 Å². The molecule has 9 heteroatoms. The van der Waals surface area contributed by atoms with Crippen LogP contribution in [0, 0.1) is 0 Å². The molecule has 31 heavy (non-hydrogen) atoms. The Morgan fingerprint density at radius 3 is 2.74 bits per heavy atom. The van der Waals surface area contributed by atoms with Gasteiger partial charge in [0.2, 0.25) is 0 Å². The number of carbonyl (C=O) groups excluding carboxylic acids is 2. The summed E-state index contributed by atoms with van der Waals surface area (Å²) in [6.45, 7) is 2.91. The number of nitrogens with zero attached hydrogens (tertiary/aromatic N) is 4. The Kier molecular flexibility index (Phi) is 6.30. The van der Waals surface area contributed by atoms with Crippen molar-refractivity contribution in [1.82, 2.24) is 30.5 Å². The van der Waals surface area contributed by atoms with Crippen molar-refractivity contribution in [3.8, 4) is 5.75 Å². The summed E-state index contributed by atoms with van der Waals surface area (Å²) < 4.78 is 6.91. The summed E-state index contributed by atoms with van der Waals surface area (Å²) in [6.07, 6.45) is 2.12. The van der Waals surface area contributed by atoms with Crippen molar-refractivity contribution >= 4 is 23.0 Å². The van der Waals surface area contributed by atoms with Crippen LogP contribution in [0.3, 0.4) is 0 Å². The largest absolute Gasteiger partial charge is 0.497 e. The number of rotatable bonds is 7. The first-order valence-corrected chi connectivity index (χ1v) is 10.4. The van der Waals surface area contributed by atoms with E-state index in [2.05, 4.69) is 20.9 Å². The first-order chi connectivity index (χ1) is 15.1. The van der Waals surface area contributed by atoms with Crippen molar-refractivity contribution in [1.29, 1.82) is 0 Å². The molecule has 1 saturated heterocycles. The highest BCUT2D eigenvalue weighted by Crippen LogP contribution is 2.17. The number of nitrogens with one attached hydrogen (secondary N) is 2. The minimum Gasteiger partial charge on any atom is -0.497 e. The fourth-order valence-electron chi connectivity index (χ4n) is 3.68. The Hall–Kier alpha value is -3.62. The molecule has 0 bridgehead atoms. The summed E-state index contributed by atoms with van der Waals surface area (Å²) in [5.74, 6) is 0.798. The Morgan fingerprint density at radius 1 is 1.10 bits per heavy atom. The molecule has 4 rings (SSSR count). The van der Waals surface area contributed by atoms with Crippen LogP contribution in [0.15, 0.2) is 42.5 Å². The number of carbonyl (C=O) groups is 2. The van der Waals surface area contributed by atoms with Crippen molar-refractivity contribution in [3.63, 3.8) is 0 Å². The number of methoxy groups -OCH3 is 1. The molecule has 0 spiro atoms. The van der Waals surface area contributed by atoms with Gasteiger partial charge >= 0.3 is 6.03 Å². The number of amides is 3. The second-order valence-electron chi connectivity index (χ2n) is 7.48. The van der Waals surface area contributed by atoms with Gasteiger partial charge in [-0.3, -0.25) is 4.79 Å². The topological polar surface area (TPSA) is 101 Å². The molecule has 3 amide bonds. The zero-order chi connectivity index (χ0) is 21.6. The van der Waals surface area contributed by atoms with Gasteiger partial charge in [0.25, 0.3) is 5.91 Å². The molecule has 1 aliphatic heterocycles. The van der Waals surface area contributed by atoms with Crippen molar-refractivity contribution < 1.29 is 14.3 Å². The fraction of sp³-hybridized carbons (Fsp3) is 0.364. The molecule has 0 saturated carbocycles. The van der Waals surface area contributed by atoms with E-state index in [0.29, 0.717) is 30.7 Å². The summed E-state index contributed by atoms with van der Waals surface area (Å²) in [5.41, 5.74) is 3.09. The predicted molar refractivity (Wildman–Crippen MR) is 116 cm³/mol. The molecule has 2 aromatic carbocycles. The Morgan fingerprint density at radius 2 is 1.94 bits per heavy atom. The van der Waals surface area contributed by atoms with Crippen LogP contribution in [0.4, 0.5) is 4.79 Å². The maximum Gasteiger partial charge on any atom is 0.315 e. The van der Waals surface area contributed by atoms with Crippen LogP contribution in [0.25, 0.3) is 11.0 Å². The molecule has 162 valence electrons. The fourth-order valence-corrected chi connectivity index (χ4v) is 3.68. The highest BCUT2D eigenvalue weighted by atomic mass is 16.5. The number of likely N-dealkylation sites (tertiary alicyclic amines) is 1. The maximum absolute atomic E-state index is 12.6. The lowest BCUT2D eigenvalue weighted by molar-refractivity contribution is 0.0793. The number of urea groups is 1. The standard InChI is InChI=1S/C22H26N6O3/c1-31-18-6-4-5-16(13-18)15-24-22(30)23-9-12-28-20-8-7-17(14-19(20)25-26-28)21(29)27-10-2-3-11-27/h4-8,13-14H,2-3,9-12,15H2,1H3,(H2,23,24,30). The molecule has 3 aromatic rings. The third kappa shape index (κ3) is 4.93. The van der Waals surface area contributed by atoms with Crippen LogP contribution in [0.1, 0.15) is 28.8 Å². The number of ether oxygens (including phenoxy) is 1. The van der Waals surface area contributed by atoms with E-state index in [1.807, 2.05) is 41.3 Å². The zero-order valence-electron chi connectivity index (χ0n) is 17.5. The van der Waals surface area contributed by atoms with E-state index in [4.69, 9.17) is 4.74 Å².